The second kappa shape index (κ2) is 6.75. The second-order valence-electron chi connectivity index (χ2n) is 5.72. The van der Waals surface area contributed by atoms with Gasteiger partial charge in [0.15, 0.2) is 0 Å². The van der Waals surface area contributed by atoms with E-state index in [-0.39, 0.29) is 35.5 Å². The number of imide groups is 1. The number of carbonyl (C=O) groups is 4. The van der Waals surface area contributed by atoms with Crippen LogP contribution in [-0.2, 0) is 4.79 Å². The molecule has 0 saturated heterocycles. The van der Waals surface area contributed by atoms with E-state index in [1.54, 1.807) is 0 Å². The Morgan fingerprint density at radius 2 is 1.78 bits per heavy atom. The van der Waals surface area contributed by atoms with Crippen LogP contribution in [0, 0.1) is 0 Å². The lowest BCUT2D eigenvalue weighted by molar-refractivity contribution is -0.136. The van der Waals surface area contributed by atoms with Crippen LogP contribution in [0.1, 0.15) is 37.5 Å². The Kier molecular flexibility index (Phi) is 4.46. The van der Waals surface area contributed by atoms with Crippen LogP contribution in [0.15, 0.2) is 35.1 Å². The van der Waals surface area contributed by atoms with Crippen molar-refractivity contribution in [1.29, 1.82) is 0 Å². The van der Waals surface area contributed by atoms with Crippen LogP contribution in [0.2, 0.25) is 0 Å². The van der Waals surface area contributed by atoms with Crippen molar-refractivity contribution in [2.75, 3.05) is 12.3 Å². The number of hydrogen-bond acceptors (Lipinski definition) is 6. The summed E-state index contributed by atoms with van der Waals surface area (Å²) in [6, 6.07) is 6.78. The van der Waals surface area contributed by atoms with Crippen molar-refractivity contribution in [2.45, 2.75) is 6.42 Å². The molecule has 2 aromatic rings. The molecule has 0 aliphatic carbocycles. The van der Waals surface area contributed by atoms with Crippen molar-refractivity contribution in [3.63, 3.8) is 0 Å². The van der Waals surface area contributed by atoms with Gasteiger partial charge in [-0.1, -0.05) is 0 Å². The molecule has 1 aliphatic heterocycles. The largest absolute Gasteiger partial charge is 0.481 e. The van der Waals surface area contributed by atoms with E-state index in [1.807, 2.05) is 0 Å². The van der Waals surface area contributed by atoms with Gasteiger partial charge < -0.3 is 16.2 Å². The molecule has 2 heterocycles. The maximum absolute atomic E-state index is 12.3. The summed E-state index contributed by atoms with van der Waals surface area (Å²) in [7, 11) is 0. The van der Waals surface area contributed by atoms with E-state index in [2.05, 4.69) is 10.6 Å². The highest BCUT2D eigenvalue weighted by molar-refractivity contribution is 6.23. The van der Waals surface area contributed by atoms with Gasteiger partial charge in [-0.25, -0.2) is 0 Å². The number of carboxylic acids is 1. The van der Waals surface area contributed by atoms with Crippen LogP contribution >= 0.6 is 0 Å². The molecular weight excluding hydrogens is 356 g/mol. The topological polar surface area (TPSA) is 161 Å². The van der Waals surface area contributed by atoms with E-state index >= 15 is 0 Å². The van der Waals surface area contributed by atoms with Crippen LogP contribution in [0.4, 0.5) is 5.82 Å². The molecule has 1 aromatic heterocycles. The number of aliphatic carboxylic acids is 1. The molecule has 0 saturated carbocycles. The van der Waals surface area contributed by atoms with Gasteiger partial charge in [-0.2, -0.15) is 0 Å². The van der Waals surface area contributed by atoms with Crippen molar-refractivity contribution in [1.82, 2.24) is 15.2 Å². The lowest BCUT2D eigenvalue weighted by Crippen LogP contribution is -2.26. The Morgan fingerprint density at radius 3 is 2.41 bits per heavy atom. The third-order valence-corrected chi connectivity index (χ3v) is 3.97. The summed E-state index contributed by atoms with van der Waals surface area (Å²) in [6.45, 7) is -0.0176. The lowest BCUT2D eigenvalue weighted by Gasteiger charge is -2.12. The van der Waals surface area contributed by atoms with Gasteiger partial charge in [0, 0.05) is 18.2 Å². The molecule has 0 bridgehead atoms. The highest BCUT2D eigenvalue weighted by Crippen LogP contribution is 2.22. The molecule has 1 aliphatic rings. The molecule has 1 aromatic carbocycles. The molecule has 0 unspecified atom stereocenters. The predicted octanol–water partition coefficient (Wildman–Crippen LogP) is -0.492. The minimum absolute atomic E-state index is 0.0176. The van der Waals surface area contributed by atoms with E-state index in [0.29, 0.717) is 5.69 Å². The molecule has 0 atom stereocenters. The van der Waals surface area contributed by atoms with E-state index in [0.717, 1.165) is 10.6 Å². The SMILES string of the molecule is Nc1c2c(cc(=O)n1-c1ccc(C(=O)NCCC(=O)O)cc1)C(=O)NC2=O. The molecule has 10 nitrogen and oxygen atoms in total. The predicted molar refractivity (Wildman–Crippen MR) is 92.8 cm³/mol. The number of amides is 3. The Balaban J connectivity index is 1.90. The monoisotopic (exact) mass is 370 g/mol. The molecule has 138 valence electrons. The van der Waals surface area contributed by atoms with Crippen molar-refractivity contribution in [3.8, 4) is 5.69 Å². The number of carboxylic acid groups (broad SMARTS) is 1. The van der Waals surface area contributed by atoms with E-state index in [1.165, 1.54) is 24.3 Å². The van der Waals surface area contributed by atoms with Gasteiger partial charge in [-0.3, -0.25) is 33.9 Å². The smallest absolute Gasteiger partial charge is 0.305 e. The standard InChI is InChI=1S/C17H14N4O6/c18-14-13-10(16(26)20-17(13)27)7-11(22)21(14)9-3-1-8(2-4-9)15(25)19-6-5-12(23)24/h1-4,7H,5-6,18H2,(H,19,25)(H,23,24)(H,20,26,27). The number of benzene rings is 1. The summed E-state index contributed by atoms with van der Waals surface area (Å²) in [5.74, 6) is -3.05. The van der Waals surface area contributed by atoms with Gasteiger partial charge in [-0.05, 0) is 24.3 Å². The summed E-state index contributed by atoms with van der Waals surface area (Å²) in [6.07, 6.45) is -0.203. The van der Waals surface area contributed by atoms with Crippen LogP contribution in [-0.4, -0.2) is 39.9 Å². The molecule has 0 spiro atoms. The van der Waals surface area contributed by atoms with Crippen LogP contribution in [0.25, 0.3) is 5.69 Å². The summed E-state index contributed by atoms with van der Waals surface area (Å²) >= 11 is 0. The maximum atomic E-state index is 12.3. The van der Waals surface area contributed by atoms with Crippen LogP contribution in [0.5, 0.6) is 0 Å². The first-order valence-electron chi connectivity index (χ1n) is 7.81. The number of pyridine rings is 1. The lowest BCUT2D eigenvalue weighted by atomic mass is 10.1. The maximum Gasteiger partial charge on any atom is 0.305 e. The minimum atomic E-state index is -1.03. The summed E-state index contributed by atoms with van der Waals surface area (Å²) < 4.78 is 1.06. The Bertz CT molecular complexity index is 1040. The molecule has 0 radical (unpaired) electrons. The molecule has 0 fully saturated rings. The Labute approximate surface area is 151 Å². The van der Waals surface area contributed by atoms with Crippen LogP contribution in [0.3, 0.4) is 0 Å². The number of anilines is 1. The van der Waals surface area contributed by atoms with Gasteiger partial charge in [0.2, 0.25) is 0 Å². The highest BCUT2D eigenvalue weighted by Gasteiger charge is 2.31. The number of nitrogen functional groups attached to an aromatic ring is 1. The zero-order valence-electron chi connectivity index (χ0n) is 13.8. The van der Waals surface area contributed by atoms with E-state index in [9.17, 15) is 24.0 Å². The number of carbonyl (C=O) groups excluding carboxylic acids is 3. The highest BCUT2D eigenvalue weighted by atomic mass is 16.4. The quantitative estimate of drug-likeness (QED) is 0.516. The molecule has 5 N–H and O–H groups in total. The molecule has 27 heavy (non-hydrogen) atoms. The van der Waals surface area contributed by atoms with E-state index in [4.69, 9.17) is 10.8 Å². The third-order valence-electron chi connectivity index (χ3n) is 3.97. The average molecular weight is 370 g/mol. The summed E-state index contributed by atoms with van der Waals surface area (Å²) in [5.41, 5.74) is 5.73. The van der Waals surface area contributed by atoms with Gasteiger partial charge in [-0.15, -0.1) is 0 Å². The number of fused-ring (bicyclic) bond motifs is 1. The van der Waals surface area contributed by atoms with Gasteiger partial charge in [0.25, 0.3) is 23.3 Å². The minimum Gasteiger partial charge on any atom is -0.481 e. The summed E-state index contributed by atoms with van der Waals surface area (Å²) in [5, 5.41) is 13.1. The first-order valence-corrected chi connectivity index (χ1v) is 7.81. The zero-order chi connectivity index (χ0) is 19.7. The molecule has 10 heteroatoms. The van der Waals surface area contributed by atoms with Gasteiger partial charge in [0.1, 0.15) is 5.82 Å². The Morgan fingerprint density at radius 1 is 1.11 bits per heavy atom. The van der Waals surface area contributed by atoms with Crippen molar-refractivity contribution in [3.05, 3.63) is 57.4 Å². The van der Waals surface area contributed by atoms with E-state index < -0.39 is 29.3 Å². The number of hydrogen-bond donors (Lipinski definition) is 4. The van der Waals surface area contributed by atoms with Crippen molar-refractivity contribution in [2.24, 2.45) is 0 Å². The summed E-state index contributed by atoms with van der Waals surface area (Å²) in [4.78, 5) is 58.3. The molecule has 3 rings (SSSR count). The number of nitrogens with one attached hydrogen (secondary N) is 2. The fraction of sp³-hybridized carbons (Fsp3) is 0.118. The van der Waals surface area contributed by atoms with Gasteiger partial charge >= 0.3 is 5.97 Å². The molecule has 3 amide bonds. The number of nitrogens with two attached hydrogens (primary N) is 1. The Hall–Kier alpha value is -3.95. The average Bonchev–Trinajstić information content (AvgIpc) is 2.89. The molecular formula is C17H14N4O6. The van der Waals surface area contributed by atoms with Crippen molar-refractivity contribution >= 4 is 29.5 Å². The first kappa shape index (κ1) is 17.9. The fourth-order valence-corrected chi connectivity index (χ4v) is 2.69. The normalized spacial score (nSPS) is 12.4. The van der Waals surface area contributed by atoms with Crippen LogP contribution < -0.4 is 21.9 Å². The van der Waals surface area contributed by atoms with Crippen molar-refractivity contribution < 1.29 is 24.3 Å². The number of aromatic nitrogens is 1. The fourth-order valence-electron chi connectivity index (χ4n) is 2.69. The second-order valence-corrected chi connectivity index (χ2v) is 5.72. The number of rotatable bonds is 5. The third kappa shape index (κ3) is 3.27. The number of nitrogens with zero attached hydrogens (tertiary/aromatic N) is 1. The van der Waals surface area contributed by atoms with Gasteiger partial charge in [0.05, 0.1) is 23.2 Å². The first-order chi connectivity index (χ1) is 12.8. The zero-order valence-corrected chi connectivity index (χ0v) is 13.8.